The lowest BCUT2D eigenvalue weighted by Crippen LogP contribution is -2.17. The molecule has 62 valence electrons. The molecule has 1 nitrogen and oxygen atoms in total. The molecular weight excluding hydrogens is 134 g/mol. The van der Waals surface area contributed by atoms with Gasteiger partial charge in [0.1, 0.15) is 0 Å². The first-order valence-electron chi connectivity index (χ1n) is 4.47. The van der Waals surface area contributed by atoms with Gasteiger partial charge >= 0.3 is 0 Å². The van der Waals surface area contributed by atoms with E-state index in [0.717, 1.165) is 12.5 Å². The van der Waals surface area contributed by atoms with E-state index >= 15 is 0 Å². The lowest BCUT2D eigenvalue weighted by molar-refractivity contribution is 0.555. The molecule has 0 aliphatic carbocycles. The molecule has 1 aliphatic heterocycles. The second kappa shape index (κ2) is 4.22. The van der Waals surface area contributed by atoms with Crippen molar-refractivity contribution < 1.29 is 0 Å². The maximum atomic E-state index is 3.28. The van der Waals surface area contributed by atoms with Gasteiger partial charge < -0.3 is 5.32 Å². The normalized spacial score (nSPS) is 23.8. The number of hydrogen-bond donors (Lipinski definition) is 1. The molecule has 1 heterocycles. The highest BCUT2D eigenvalue weighted by Gasteiger charge is 2.10. The van der Waals surface area contributed by atoms with E-state index in [4.69, 9.17) is 0 Å². The van der Waals surface area contributed by atoms with Crippen LogP contribution in [0.4, 0.5) is 0 Å². The molecule has 1 unspecified atom stereocenters. The van der Waals surface area contributed by atoms with Crippen LogP contribution < -0.4 is 5.32 Å². The van der Waals surface area contributed by atoms with E-state index in [-0.39, 0.29) is 0 Å². The fraction of sp³-hybridized carbons (Fsp3) is 0.600. The van der Waals surface area contributed by atoms with Gasteiger partial charge in [0, 0.05) is 6.54 Å². The average molecular weight is 151 g/mol. The molecule has 11 heavy (non-hydrogen) atoms. The van der Waals surface area contributed by atoms with Crippen LogP contribution in [0.25, 0.3) is 0 Å². The van der Waals surface area contributed by atoms with Gasteiger partial charge in [-0.3, -0.25) is 0 Å². The van der Waals surface area contributed by atoms with E-state index in [1.54, 1.807) is 5.57 Å². The third-order valence-corrected chi connectivity index (χ3v) is 2.31. The van der Waals surface area contributed by atoms with Crippen LogP contribution in [0.3, 0.4) is 0 Å². The topological polar surface area (TPSA) is 12.0 Å². The summed E-state index contributed by atoms with van der Waals surface area (Å²) in [7, 11) is 0. The summed E-state index contributed by atoms with van der Waals surface area (Å²) in [5.41, 5.74) is 1.58. The second-order valence-corrected chi connectivity index (χ2v) is 2.97. The summed E-state index contributed by atoms with van der Waals surface area (Å²) in [5.74, 6) is 0.745. The predicted molar refractivity (Wildman–Crippen MR) is 49.3 cm³/mol. The Morgan fingerprint density at radius 3 is 3.00 bits per heavy atom. The molecule has 0 bridgehead atoms. The highest BCUT2D eigenvalue weighted by atomic mass is 14.8. The second-order valence-electron chi connectivity index (χ2n) is 2.97. The Labute approximate surface area is 69.2 Å². The molecule has 0 saturated heterocycles. The third-order valence-electron chi connectivity index (χ3n) is 2.31. The molecule has 1 aliphatic rings. The van der Waals surface area contributed by atoms with E-state index < -0.39 is 0 Å². The first-order chi connectivity index (χ1) is 5.38. The van der Waals surface area contributed by atoms with Crippen molar-refractivity contribution in [3.63, 3.8) is 0 Å². The zero-order chi connectivity index (χ0) is 8.10. The van der Waals surface area contributed by atoms with Crippen molar-refractivity contribution in [2.45, 2.75) is 26.7 Å². The van der Waals surface area contributed by atoms with Gasteiger partial charge in [-0.2, -0.15) is 0 Å². The van der Waals surface area contributed by atoms with Crippen LogP contribution in [-0.4, -0.2) is 6.54 Å². The maximum absolute atomic E-state index is 3.28. The minimum atomic E-state index is 0.745. The van der Waals surface area contributed by atoms with Gasteiger partial charge in [0.05, 0.1) is 0 Å². The maximum Gasteiger partial charge on any atom is 0.0207 e. The fourth-order valence-corrected chi connectivity index (χ4v) is 1.53. The Balaban J connectivity index is 2.64. The molecule has 0 radical (unpaired) electrons. The summed E-state index contributed by atoms with van der Waals surface area (Å²) in [6, 6.07) is 0. The minimum Gasteiger partial charge on any atom is -0.390 e. The van der Waals surface area contributed by atoms with E-state index in [1.165, 1.54) is 12.8 Å². The minimum absolute atomic E-state index is 0.745. The summed E-state index contributed by atoms with van der Waals surface area (Å²) in [6.07, 6.45) is 8.81. The van der Waals surface area contributed by atoms with E-state index in [2.05, 4.69) is 31.3 Å². The van der Waals surface area contributed by atoms with Gasteiger partial charge in [0.2, 0.25) is 0 Å². The SMILES string of the molecule is CCC1=CC=CNCC1CC. The van der Waals surface area contributed by atoms with Crippen molar-refractivity contribution in [1.82, 2.24) is 5.32 Å². The number of nitrogens with one attached hydrogen (secondary N) is 1. The van der Waals surface area contributed by atoms with E-state index in [9.17, 15) is 0 Å². The zero-order valence-electron chi connectivity index (χ0n) is 7.43. The predicted octanol–water partition coefficient (Wildman–Crippen LogP) is 2.47. The molecule has 0 aromatic carbocycles. The lowest BCUT2D eigenvalue weighted by atomic mass is 9.94. The molecule has 0 saturated carbocycles. The molecule has 0 amide bonds. The van der Waals surface area contributed by atoms with Crippen LogP contribution in [0, 0.1) is 5.92 Å². The van der Waals surface area contributed by atoms with Crippen molar-refractivity contribution in [3.8, 4) is 0 Å². The zero-order valence-corrected chi connectivity index (χ0v) is 7.43. The van der Waals surface area contributed by atoms with Crippen LogP contribution in [0.5, 0.6) is 0 Å². The summed E-state index contributed by atoms with van der Waals surface area (Å²) >= 11 is 0. The Hall–Kier alpha value is -0.720. The van der Waals surface area contributed by atoms with Gasteiger partial charge in [-0.25, -0.2) is 0 Å². The van der Waals surface area contributed by atoms with Crippen LogP contribution >= 0.6 is 0 Å². The fourth-order valence-electron chi connectivity index (χ4n) is 1.53. The summed E-state index contributed by atoms with van der Waals surface area (Å²) in [5, 5.41) is 3.28. The lowest BCUT2D eigenvalue weighted by Gasteiger charge is -2.15. The molecule has 1 heteroatoms. The van der Waals surface area contributed by atoms with Crippen molar-refractivity contribution >= 4 is 0 Å². The van der Waals surface area contributed by atoms with Gasteiger partial charge in [-0.1, -0.05) is 25.5 Å². The Morgan fingerprint density at radius 2 is 2.36 bits per heavy atom. The van der Waals surface area contributed by atoms with Crippen LogP contribution in [0.1, 0.15) is 26.7 Å². The van der Waals surface area contributed by atoms with Crippen molar-refractivity contribution in [1.29, 1.82) is 0 Å². The first-order valence-corrected chi connectivity index (χ1v) is 4.47. The molecule has 1 atom stereocenters. The molecule has 0 aromatic heterocycles. The van der Waals surface area contributed by atoms with Gasteiger partial charge in [-0.15, -0.1) is 0 Å². The van der Waals surface area contributed by atoms with E-state index in [1.807, 2.05) is 6.20 Å². The van der Waals surface area contributed by atoms with Gasteiger partial charge in [0.25, 0.3) is 0 Å². The standard InChI is InChI=1S/C10H17N/c1-3-9-6-5-7-11-8-10(9)4-2/h5-7,10-11H,3-4,8H2,1-2H3. The highest BCUT2D eigenvalue weighted by molar-refractivity contribution is 5.17. The molecule has 1 rings (SSSR count). The molecule has 0 fully saturated rings. The molecular formula is C10H17N. The molecule has 0 aromatic rings. The Kier molecular flexibility index (Phi) is 3.21. The Morgan fingerprint density at radius 1 is 1.55 bits per heavy atom. The smallest absolute Gasteiger partial charge is 0.0207 e. The van der Waals surface area contributed by atoms with Gasteiger partial charge in [0.15, 0.2) is 0 Å². The average Bonchev–Trinajstić information content (AvgIpc) is 2.27. The highest BCUT2D eigenvalue weighted by Crippen LogP contribution is 2.18. The first kappa shape index (κ1) is 8.38. The Bertz CT molecular complexity index is 168. The third kappa shape index (κ3) is 2.11. The number of allylic oxidation sites excluding steroid dienone is 2. The van der Waals surface area contributed by atoms with Crippen LogP contribution in [0.15, 0.2) is 23.9 Å². The van der Waals surface area contributed by atoms with Gasteiger partial charge in [-0.05, 0) is 31.0 Å². The summed E-state index contributed by atoms with van der Waals surface area (Å²) < 4.78 is 0. The monoisotopic (exact) mass is 151 g/mol. The van der Waals surface area contributed by atoms with Crippen molar-refractivity contribution in [3.05, 3.63) is 23.9 Å². The van der Waals surface area contributed by atoms with Crippen molar-refractivity contribution in [2.24, 2.45) is 5.92 Å². The summed E-state index contributed by atoms with van der Waals surface area (Å²) in [6.45, 7) is 5.58. The quantitative estimate of drug-likeness (QED) is 0.639. The van der Waals surface area contributed by atoms with Crippen LogP contribution in [-0.2, 0) is 0 Å². The van der Waals surface area contributed by atoms with Crippen LogP contribution in [0.2, 0.25) is 0 Å². The summed E-state index contributed by atoms with van der Waals surface area (Å²) in [4.78, 5) is 0. The van der Waals surface area contributed by atoms with Crippen molar-refractivity contribution in [2.75, 3.05) is 6.54 Å². The number of rotatable bonds is 2. The molecule has 0 spiro atoms. The van der Waals surface area contributed by atoms with E-state index in [0.29, 0.717) is 0 Å². The molecule has 1 N–H and O–H groups in total. The number of hydrogen-bond acceptors (Lipinski definition) is 1. The largest absolute Gasteiger partial charge is 0.390 e.